The van der Waals surface area contributed by atoms with E-state index >= 15 is 0 Å². The maximum absolute atomic E-state index is 5.88. The lowest BCUT2D eigenvalue weighted by Gasteiger charge is -2.13. The number of ether oxygens (including phenoxy) is 1. The van der Waals surface area contributed by atoms with Crippen molar-refractivity contribution in [1.82, 2.24) is 4.98 Å². The van der Waals surface area contributed by atoms with E-state index in [0.29, 0.717) is 6.61 Å². The molecule has 0 aliphatic heterocycles. The van der Waals surface area contributed by atoms with Crippen LogP contribution in [0.2, 0.25) is 0 Å². The molecule has 112 valence electrons. The lowest BCUT2D eigenvalue weighted by molar-refractivity contribution is 0.301. The van der Waals surface area contributed by atoms with Gasteiger partial charge in [-0.1, -0.05) is 0 Å². The van der Waals surface area contributed by atoms with Crippen LogP contribution in [0.1, 0.15) is 18.1 Å². The zero-order chi connectivity index (χ0) is 15.4. The molecular weight excluding hydrogens is 464 g/mol. The highest BCUT2D eigenvalue weighted by atomic mass is 79.9. The van der Waals surface area contributed by atoms with Crippen molar-refractivity contribution in [1.29, 1.82) is 0 Å². The molecule has 1 atom stereocenters. The second-order valence-electron chi connectivity index (χ2n) is 4.87. The molecule has 0 aliphatic carbocycles. The largest absolute Gasteiger partial charge is 0.486 e. The van der Waals surface area contributed by atoms with E-state index < -0.39 is 0 Å². The topological polar surface area (TPSA) is 48.1 Å². The summed E-state index contributed by atoms with van der Waals surface area (Å²) in [5.74, 6) is 0.781. The molecule has 0 aliphatic rings. The number of nitrogens with two attached hydrogens (primary N) is 1. The van der Waals surface area contributed by atoms with Gasteiger partial charge in [-0.2, -0.15) is 0 Å². The number of benzene rings is 1. The van der Waals surface area contributed by atoms with Gasteiger partial charge in [-0.15, -0.1) is 0 Å². The highest BCUT2D eigenvalue weighted by Crippen LogP contribution is 2.35. The summed E-state index contributed by atoms with van der Waals surface area (Å²) in [4.78, 5) is 4.12. The van der Waals surface area contributed by atoms with Crippen molar-refractivity contribution >= 4 is 47.8 Å². The first-order valence-corrected chi connectivity index (χ1v) is 8.79. The van der Waals surface area contributed by atoms with Crippen LogP contribution in [0.5, 0.6) is 5.75 Å². The van der Waals surface area contributed by atoms with Gasteiger partial charge in [0.25, 0.3) is 0 Å². The summed E-state index contributed by atoms with van der Waals surface area (Å²) in [6, 6.07) is 6.20. The van der Waals surface area contributed by atoms with Crippen LogP contribution in [-0.2, 0) is 13.0 Å². The quantitative estimate of drug-likeness (QED) is 0.669. The summed E-state index contributed by atoms with van der Waals surface area (Å²) in [5, 5.41) is 0. The van der Waals surface area contributed by atoms with Gasteiger partial charge < -0.3 is 10.5 Å². The third kappa shape index (κ3) is 5.06. The fourth-order valence-electron chi connectivity index (χ4n) is 1.93. The van der Waals surface area contributed by atoms with Crippen LogP contribution in [0.25, 0.3) is 0 Å². The van der Waals surface area contributed by atoms with Crippen LogP contribution < -0.4 is 10.5 Å². The van der Waals surface area contributed by atoms with E-state index in [1.165, 1.54) is 5.56 Å². The van der Waals surface area contributed by atoms with Gasteiger partial charge >= 0.3 is 0 Å². The molecule has 1 unspecified atom stereocenters. The van der Waals surface area contributed by atoms with Crippen molar-refractivity contribution < 1.29 is 4.74 Å². The average molecular weight is 479 g/mol. The Morgan fingerprint density at radius 1 is 1.10 bits per heavy atom. The van der Waals surface area contributed by atoms with Crippen molar-refractivity contribution in [2.24, 2.45) is 5.73 Å². The summed E-state index contributed by atoms with van der Waals surface area (Å²) < 4.78 is 8.65. The van der Waals surface area contributed by atoms with Gasteiger partial charge in [0.15, 0.2) is 0 Å². The Balaban J connectivity index is 2.13. The number of nitrogens with zero attached hydrogens (tertiary/aromatic N) is 1. The molecule has 21 heavy (non-hydrogen) atoms. The van der Waals surface area contributed by atoms with Crippen LogP contribution in [0.3, 0.4) is 0 Å². The Morgan fingerprint density at radius 2 is 1.76 bits per heavy atom. The second-order valence-corrected chi connectivity index (χ2v) is 7.49. The number of aromatic nitrogens is 1. The molecule has 0 bridgehead atoms. The monoisotopic (exact) mass is 476 g/mol. The first-order valence-electron chi connectivity index (χ1n) is 6.41. The van der Waals surface area contributed by atoms with Gasteiger partial charge in [-0.25, -0.2) is 0 Å². The molecular formula is C15H15Br3N2O. The molecule has 0 radical (unpaired) electrons. The van der Waals surface area contributed by atoms with Gasteiger partial charge in [-0.3, -0.25) is 4.98 Å². The van der Waals surface area contributed by atoms with Gasteiger partial charge in [0, 0.05) is 28.5 Å². The number of hydrogen-bond donors (Lipinski definition) is 1. The molecule has 0 fully saturated rings. The Morgan fingerprint density at radius 3 is 2.33 bits per heavy atom. The molecule has 6 heteroatoms. The molecule has 0 saturated carbocycles. The molecule has 1 heterocycles. The van der Waals surface area contributed by atoms with Crippen molar-refractivity contribution in [2.45, 2.75) is 26.0 Å². The minimum absolute atomic E-state index is 0.128. The van der Waals surface area contributed by atoms with Crippen molar-refractivity contribution in [2.75, 3.05) is 0 Å². The predicted molar refractivity (Wildman–Crippen MR) is 95.5 cm³/mol. The van der Waals surface area contributed by atoms with Crippen molar-refractivity contribution in [3.05, 3.63) is 55.1 Å². The van der Waals surface area contributed by atoms with E-state index in [1.807, 2.05) is 25.1 Å². The number of hydrogen-bond acceptors (Lipinski definition) is 3. The molecule has 2 aromatic rings. The van der Waals surface area contributed by atoms with E-state index in [0.717, 1.165) is 31.2 Å². The SMILES string of the molecule is CC(N)Cc1cc(Br)c(OCc2cncc(Br)c2)c(Br)c1. The molecule has 0 saturated heterocycles. The van der Waals surface area contributed by atoms with Gasteiger partial charge in [-0.05, 0) is 84.9 Å². The fourth-order valence-corrected chi connectivity index (χ4v) is 3.85. The second kappa shape index (κ2) is 7.72. The average Bonchev–Trinajstić information content (AvgIpc) is 2.37. The van der Waals surface area contributed by atoms with Gasteiger partial charge in [0.1, 0.15) is 12.4 Å². The number of rotatable bonds is 5. The summed E-state index contributed by atoms with van der Waals surface area (Å²) in [5.41, 5.74) is 8.01. The van der Waals surface area contributed by atoms with Gasteiger partial charge in [0.2, 0.25) is 0 Å². The minimum Gasteiger partial charge on any atom is -0.486 e. The molecule has 1 aromatic carbocycles. The van der Waals surface area contributed by atoms with E-state index in [2.05, 4.69) is 52.8 Å². The van der Waals surface area contributed by atoms with Crippen LogP contribution >= 0.6 is 47.8 Å². The third-order valence-corrected chi connectivity index (χ3v) is 4.37. The van der Waals surface area contributed by atoms with Crippen LogP contribution in [-0.4, -0.2) is 11.0 Å². The Bertz CT molecular complexity index is 609. The highest BCUT2D eigenvalue weighted by Gasteiger charge is 2.10. The van der Waals surface area contributed by atoms with E-state index in [9.17, 15) is 0 Å². The maximum Gasteiger partial charge on any atom is 0.148 e. The minimum atomic E-state index is 0.128. The fraction of sp³-hybridized carbons (Fsp3) is 0.267. The standard InChI is InChI=1S/C15H15Br3N2O/c1-9(19)2-10-4-13(17)15(14(18)5-10)21-8-11-3-12(16)7-20-6-11/h3-7,9H,2,8,19H2,1H3. The Hall–Kier alpha value is -0.430. The number of halogens is 3. The Kier molecular flexibility index (Phi) is 6.22. The molecule has 0 spiro atoms. The van der Waals surface area contributed by atoms with Crippen molar-refractivity contribution in [3.8, 4) is 5.75 Å². The zero-order valence-electron chi connectivity index (χ0n) is 11.4. The maximum atomic E-state index is 5.88. The van der Waals surface area contributed by atoms with Crippen molar-refractivity contribution in [3.63, 3.8) is 0 Å². The molecule has 2 N–H and O–H groups in total. The highest BCUT2D eigenvalue weighted by molar-refractivity contribution is 9.11. The summed E-state index contributed by atoms with van der Waals surface area (Å²) >= 11 is 10.5. The lowest BCUT2D eigenvalue weighted by atomic mass is 10.1. The summed E-state index contributed by atoms with van der Waals surface area (Å²) in [6.07, 6.45) is 4.36. The first-order chi connectivity index (χ1) is 9.95. The summed E-state index contributed by atoms with van der Waals surface area (Å²) in [7, 11) is 0. The van der Waals surface area contributed by atoms with Crippen LogP contribution in [0.4, 0.5) is 0 Å². The van der Waals surface area contributed by atoms with Crippen LogP contribution in [0.15, 0.2) is 44.0 Å². The zero-order valence-corrected chi connectivity index (χ0v) is 16.2. The lowest BCUT2D eigenvalue weighted by Crippen LogP contribution is -2.17. The molecule has 2 rings (SSSR count). The normalized spacial score (nSPS) is 12.2. The van der Waals surface area contributed by atoms with Crippen LogP contribution in [0, 0.1) is 0 Å². The first kappa shape index (κ1) is 16.9. The molecule has 3 nitrogen and oxygen atoms in total. The van der Waals surface area contributed by atoms with E-state index in [4.69, 9.17) is 10.5 Å². The Labute approximate surface area is 149 Å². The summed E-state index contributed by atoms with van der Waals surface area (Å²) in [6.45, 7) is 2.45. The molecule has 0 amide bonds. The van der Waals surface area contributed by atoms with E-state index in [1.54, 1.807) is 12.4 Å². The number of pyridine rings is 1. The molecule has 1 aromatic heterocycles. The third-order valence-electron chi connectivity index (χ3n) is 2.76. The predicted octanol–water partition coefficient (Wildman–Crippen LogP) is 4.84. The van der Waals surface area contributed by atoms with Gasteiger partial charge in [0.05, 0.1) is 8.95 Å². The van der Waals surface area contributed by atoms with E-state index in [-0.39, 0.29) is 6.04 Å². The smallest absolute Gasteiger partial charge is 0.148 e.